The molecular formula is C22H19F5O2. The van der Waals surface area contributed by atoms with Crippen molar-refractivity contribution in [1.29, 1.82) is 0 Å². The average Bonchev–Trinajstić information content (AvgIpc) is 2.75. The minimum absolute atomic E-state index is 0.0576. The first-order chi connectivity index (χ1) is 13.9. The molecule has 0 spiro atoms. The third-order valence-corrected chi connectivity index (χ3v) is 4.62. The van der Waals surface area contributed by atoms with Crippen LogP contribution in [-0.4, -0.2) is 13.2 Å². The van der Waals surface area contributed by atoms with E-state index in [0.29, 0.717) is 12.0 Å². The van der Waals surface area contributed by atoms with Crippen LogP contribution < -0.4 is 0 Å². The summed E-state index contributed by atoms with van der Waals surface area (Å²) in [6.45, 7) is 3.67. The Labute approximate surface area is 165 Å². The highest BCUT2D eigenvalue weighted by Crippen LogP contribution is 2.32. The van der Waals surface area contributed by atoms with Gasteiger partial charge >= 0.3 is 0 Å². The average molecular weight is 410 g/mol. The maximum absolute atomic E-state index is 14.1. The van der Waals surface area contributed by atoms with Crippen molar-refractivity contribution in [3.63, 3.8) is 0 Å². The summed E-state index contributed by atoms with van der Waals surface area (Å²) in [5.41, 5.74) is 0.918. The van der Waals surface area contributed by atoms with Crippen LogP contribution in [0.1, 0.15) is 41.7 Å². The summed E-state index contributed by atoms with van der Waals surface area (Å²) in [6, 6.07) is 7.78. The fraction of sp³-hybridized carbons (Fsp3) is 0.273. The lowest BCUT2D eigenvalue weighted by Crippen LogP contribution is -2.26. The molecule has 0 atom stereocenters. The van der Waals surface area contributed by atoms with Gasteiger partial charge in [-0.3, -0.25) is 0 Å². The molecule has 1 heterocycles. The first-order valence-electron chi connectivity index (χ1n) is 9.03. The SMILES string of the molecule is C=CCC/C(F)=C(\F)c1ccc(C2OCC(c3cc(F)c(F)c(F)c3)CO2)cc1. The lowest BCUT2D eigenvalue weighted by molar-refractivity contribution is -0.191. The number of hydrogen-bond acceptors (Lipinski definition) is 2. The van der Waals surface area contributed by atoms with Gasteiger partial charge in [-0.25, -0.2) is 22.0 Å². The van der Waals surface area contributed by atoms with E-state index in [2.05, 4.69) is 6.58 Å². The molecular weight excluding hydrogens is 391 g/mol. The number of allylic oxidation sites excluding steroid dienone is 2. The zero-order chi connectivity index (χ0) is 21.0. The quantitative estimate of drug-likeness (QED) is 0.307. The first-order valence-corrected chi connectivity index (χ1v) is 9.03. The van der Waals surface area contributed by atoms with Crippen molar-refractivity contribution in [2.75, 3.05) is 13.2 Å². The molecule has 0 saturated carbocycles. The molecule has 29 heavy (non-hydrogen) atoms. The molecule has 2 aromatic rings. The van der Waals surface area contributed by atoms with Gasteiger partial charge in [-0.05, 0) is 24.1 Å². The standard InChI is InChI=1S/C22H19F5O2/c1-2-3-4-17(23)20(26)13-5-7-14(8-6-13)22-28-11-16(12-29-22)15-9-18(24)21(27)19(25)10-15/h2,5-10,16,22H,1,3-4,11-12H2/b20-17+. The molecule has 1 aliphatic rings. The number of benzene rings is 2. The summed E-state index contributed by atoms with van der Waals surface area (Å²) >= 11 is 0. The highest BCUT2D eigenvalue weighted by atomic mass is 19.2. The van der Waals surface area contributed by atoms with Gasteiger partial charge < -0.3 is 9.47 Å². The van der Waals surface area contributed by atoms with Gasteiger partial charge in [0, 0.05) is 23.5 Å². The summed E-state index contributed by atoms with van der Waals surface area (Å²) in [4.78, 5) is 0. The van der Waals surface area contributed by atoms with Gasteiger partial charge in [-0.15, -0.1) is 6.58 Å². The fourth-order valence-electron chi connectivity index (χ4n) is 2.98. The molecule has 0 aliphatic carbocycles. The molecule has 0 amide bonds. The number of halogens is 5. The van der Waals surface area contributed by atoms with E-state index in [0.717, 1.165) is 12.1 Å². The van der Waals surface area contributed by atoms with E-state index in [4.69, 9.17) is 9.47 Å². The lowest BCUT2D eigenvalue weighted by atomic mass is 9.99. The predicted molar refractivity (Wildman–Crippen MR) is 98.7 cm³/mol. The minimum Gasteiger partial charge on any atom is -0.348 e. The Kier molecular flexibility index (Phi) is 6.82. The Morgan fingerprint density at radius 3 is 2.10 bits per heavy atom. The Hall–Kier alpha value is -2.51. The molecule has 154 valence electrons. The van der Waals surface area contributed by atoms with Crippen molar-refractivity contribution in [2.45, 2.75) is 25.0 Å². The zero-order valence-corrected chi connectivity index (χ0v) is 15.4. The van der Waals surface area contributed by atoms with Crippen molar-refractivity contribution >= 4 is 5.83 Å². The Morgan fingerprint density at radius 2 is 1.55 bits per heavy atom. The van der Waals surface area contributed by atoms with E-state index in [1.165, 1.54) is 18.2 Å². The molecule has 0 N–H and O–H groups in total. The maximum atomic E-state index is 14.1. The van der Waals surface area contributed by atoms with Crippen LogP contribution in [0, 0.1) is 17.5 Å². The summed E-state index contributed by atoms with van der Waals surface area (Å²) < 4.78 is 78.9. The topological polar surface area (TPSA) is 18.5 Å². The van der Waals surface area contributed by atoms with Crippen LogP contribution in [0.3, 0.4) is 0 Å². The Morgan fingerprint density at radius 1 is 0.966 bits per heavy atom. The van der Waals surface area contributed by atoms with Gasteiger partial charge in [0.15, 0.2) is 29.6 Å². The second kappa shape index (κ2) is 9.33. The van der Waals surface area contributed by atoms with Gasteiger partial charge in [0.25, 0.3) is 0 Å². The maximum Gasteiger partial charge on any atom is 0.194 e. The van der Waals surface area contributed by atoms with E-state index in [1.54, 1.807) is 12.1 Å². The molecule has 0 aromatic heterocycles. The first kappa shape index (κ1) is 21.2. The third-order valence-electron chi connectivity index (χ3n) is 4.62. The zero-order valence-electron chi connectivity index (χ0n) is 15.4. The van der Waals surface area contributed by atoms with E-state index in [9.17, 15) is 22.0 Å². The Balaban J connectivity index is 1.65. The molecule has 3 rings (SSSR count). The van der Waals surface area contributed by atoms with Crippen LogP contribution >= 0.6 is 0 Å². The van der Waals surface area contributed by atoms with Crippen LogP contribution in [0.15, 0.2) is 54.9 Å². The number of rotatable bonds is 6. The van der Waals surface area contributed by atoms with Crippen LogP contribution in [0.2, 0.25) is 0 Å². The number of hydrogen-bond donors (Lipinski definition) is 0. The van der Waals surface area contributed by atoms with Crippen molar-refractivity contribution < 1.29 is 31.4 Å². The van der Waals surface area contributed by atoms with E-state index in [1.807, 2.05) is 0 Å². The molecule has 1 fully saturated rings. The molecule has 0 bridgehead atoms. The van der Waals surface area contributed by atoms with Crippen molar-refractivity contribution in [3.8, 4) is 0 Å². The Bertz CT molecular complexity index is 877. The van der Waals surface area contributed by atoms with Crippen LogP contribution in [0.25, 0.3) is 5.83 Å². The fourth-order valence-corrected chi connectivity index (χ4v) is 2.98. The summed E-state index contributed by atoms with van der Waals surface area (Å²) in [7, 11) is 0. The summed E-state index contributed by atoms with van der Waals surface area (Å²) in [5.74, 6) is -6.30. The molecule has 0 unspecified atom stereocenters. The second-order valence-corrected chi connectivity index (χ2v) is 6.66. The van der Waals surface area contributed by atoms with Crippen molar-refractivity contribution in [2.24, 2.45) is 0 Å². The van der Waals surface area contributed by atoms with Crippen molar-refractivity contribution in [1.82, 2.24) is 0 Å². The largest absolute Gasteiger partial charge is 0.348 e. The highest BCUT2D eigenvalue weighted by molar-refractivity contribution is 5.61. The lowest BCUT2D eigenvalue weighted by Gasteiger charge is -2.30. The molecule has 1 saturated heterocycles. The van der Waals surface area contributed by atoms with Gasteiger partial charge in [0.2, 0.25) is 0 Å². The molecule has 0 radical (unpaired) electrons. The smallest absolute Gasteiger partial charge is 0.194 e. The van der Waals surface area contributed by atoms with E-state index >= 15 is 0 Å². The summed E-state index contributed by atoms with van der Waals surface area (Å²) in [6.07, 6.45) is 1.03. The monoisotopic (exact) mass is 410 g/mol. The number of ether oxygens (including phenoxy) is 2. The van der Waals surface area contributed by atoms with E-state index in [-0.39, 0.29) is 30.8 Å². The van der Waals surface area contributed by atoms with Gasteiger partial charge in [-0.2, -0.15) is 0 Å². The third kappa shape index (κ3) is 4.92. The van der Waals surface area contributed by atoms with E-state index < -0.39 is 41.3 Å². The van der Waals surface area contributed by atoms with Gasteiger partial charge in [0.05, 0.1) is 13.2 Å². The minimum atomic E-state index is -1.52. The summed E-state index contributed by atoms with van der Waals surface area (Å²) in [5, 5.41) is 0. The van der Waals surface area contributed by atoms with Gasteiger partial charge in [0.1, 0.15) is 5.83 Å². The second-order valence-electron chi connectivity index (χ2n) is 6.66. The predicted octanol–water partition coefficient (Wildman–Crippen LogP) is 6.51. The molecule has 7 heteroatoms. The van der Waals surface area contributed by atoms with Crippen LogP contribution in [0.4, 0.5) is 22.0 Å². The molecule has 1 aliphatic heterocycles. The van der Waals surface area contributed by atoms with Crippen LogP contribution in [-0.2, 0) is 9.47 Å². The van der Waals surface area contributed by atoms with Crippen LogP contribution in [0.5, 0.6) is 0 Å². The molecule has 2 nitrogen and oxygen atoms in total. The van der Waals surface area contributed by atoms with Crippen molar-refractivity contribution in [3.05, 3.63) is 89.0 Å². The van der Waals surface area contributed by atoms with Gasteiger partial charge in [-0.1, -0.05) is 30.3 Å². The highest BCUT2D eigenvalue weighted by Gasteiger charge is 2.26. The molecule has 2 aromatic carbocycles. The normalized spacial score (nSPS) is 20.3.